The summed E-state index contributed by atoms with van der Waals surface area (Å²) < 4.78 is 12.3. The van der Waals surface area contributed by atoms with Gasteiger partial charge in [0.2, 0.25) is 0 Å². The molecule has 3 rings (SSSR count). The Kier molecular flexibility index (Phi) is 23.8. The molecule has 1 saturated heterocycles. The first kappa shape index (κ1) is 56.1. The minimum Gasteiger partial charge on any atom is -0.481 e. The van der Waals surface area contributed by atoms with E-state index in [1.807, 2.05) is 69.4 Å². The van der Waals surface area contributed by atoms with Gasteiger partial charge in [-0.3, -0.25) is 9.59 Å². The van der Waals surface area contributed by atoms with Crippen LogP contribution in [0.2, 0.25) is 0 Å². The van der Waals surface area contributed by atoms with Crippen LogP contribution in [0.5, 0.6) is 0 Å². The maximum atomic E-state index is 12.8. The van der Waals surface area contributed by atoms with E-state index in [2.05, 4.69) is 0 Å². The number of fused-ring (bicyclic) bond motifs is 2. The largest absolute Gasteiger partial charge is 0.481 e. The standard InChI is InChI=1S/C49H77NO15/c1-29-17-15-13-11-9-7-5-6-8-10-12-14-16-18-37(64-42-22-31(3)46(59)44(50)47(42)60)26-41-43(48(61)62)40(57)28-49(63,65-41)27-36(54)25-39(56)38(55)20-19-33(51)23-35(53)24-34(52)21-30(2)32(4)45(29)58/h5-18,29-33,35-47,51,53-60,63H,19-28,50H2,1-4H3,(H,61,62)/b6-5-,9-7-,10-8-,13-11-,14-12-,17-15-,18-16-/t29-,30+,31?,32-,33+,35+,36-,37-,38+,39+,40-,41-,42?,43+,44?,45+,46?,47?,49+/m0/s1. The molecule has 16 nitrogen and oxygen atoms in total. The van der Waals surface area contributed by atoms with Crippen molar-refractivity contribution in [2.24, 2.45) is 35.3 Å². The SMILES string of the molecule is CC1CC(O[C@H]2\C=C/C=C\C=C/C=C\C=C/C=C\C=C/[C@H](C)[C@@H](O)[C@@H](C)[C@H](C)CC(=O)C[C@H](O)C[C@H](O)CC[C@@H](O)[C@H](O)C[C@H](O)C[C@]3(O)C[C@H](O)[C@@H](C(=O)O)[C@H](C2)O3)C(O)C(N)C1O. The quantitative estimate of drug-likeness (QED) is 0.193. The summed E-state index contributed by atoms with van der Waals surface area (Å²) in [5.74, 6) is -6.41. The predicted molar refractivity (Wildman–Crippen MR) is 243 cm³/mol. The second-order valence-corrected chi connectivity index (χ2v) is 18.6. The van der Waals surface area contributed by atoms with E-state index in [0.29, 0.717) is 0 Å². The van der Waals surface area contributed by atoms with E-state index in [1.165, 1.54) is 0 Å². The van der Waals surface area contributed by atoms with Crippen LogP contribution in [0, 0.1) is 29.6 Å². The number of nitrogens with two attached hydrogens (primary N) is 1. The predicted octanol–water partition coefficient (Wildman–Crippen LogP) is 2.04. The monoisotopic (exact) mass is 920 g/mol. The molecule has 3 aliphatic rings. The van der Waals surface area contributed by atoms with Crippen molar-refractivity contribution in [3.05, 3.63) is 85.1 Å². The van der Waals surface area contributed by atoms with Gasteiger partial charge in [-0.15, -0.1) is 0 Å². The smallest absolute Gasteiger partial charge is 0.311 e. The van der Waals surface area contributed by atoms with E-state index < -0.39 is 116 Å². The summed E-state index contributed by atoms with van der Waals surface area (Å²) in [7, 11) is 0. The molecule has 1 saturated carbocycles. The van der Waals surface area contributed by atoms with Crippen LogP contribution >= 0.6 is 0 Å². The number of aliphatic hydroxyl groups excluding tert-OH is 9. The van der Waals surface area contributed by atoms with Gasteiger partial charge in [0.25, 0.3) is 0 Å². The summed E-state index contributed by atoms with van der Waals surface area (Å²) in [6, 6.07) is -1.02. The lowest BCUT2D eigenvalue weighted by atomic mass is 9.80. The molecule has 0 radical (unpaired) electrons. The Morgan fingerprint density at radius 3 is 1.78 bits per heavy atom. The van der Waals surface area contributed by atoms with Gasteiger partial charge < -0.3 is 71.4 Å². The number of ether oxygens (including phenoxy) is 2. The van der Waals surface area contributed by atoms with Crippen molar-refractivity contribution in [1.29, 1.82) is 0 Å². The first-order valence-corrected chi connectivity index (χ1v) is 23.0. The Labute approximate surface area is 383 Å². The molecule has 2 aliphatic heterocycles. The van der Waals surface area contributed by atoms with Gasteiger partial charge in [0, 0.05) is 44.4 Å². The number of aliphatic hydroxyl groups is 10. The average molecular weight is 920 g/mol. The highest BCUT2D eigenvalue weighted by Gasteiger charge is 2.51. The number of allylic oxidation sites excluding steroid dienone is 12. The Bertz CT molecular complexity index is 1660. The van der Waals surface area contributed by atoms with Crippen molar-refractivity contribution in [3.63, 3.8) is 0 Å². The van der Waals surface area contributed by atoms with Gasteiger partial charge in [-0.25, -0.2) is 0 Å². The van der Waals surface area contributed by atoms with Crippen molar-refractivity contribution >= 4 is 11.8 Å². The van der Waals surface area contributed by atoms with E-state index in [-0.39, 0.29) is 74.4 Å². The molecule has 2 bridgehead atoms. The lowest BCUT2D eigenvalue weighted by Crippen LogP contribution is -2.59. The average Bonchev–Trinajstić information content (AvgIpc) is 3.21. The highest BCUT2D eigenvalue weighted by molar-refractivity contribution is 5.79. The molecule has 65 heavy (non-hydrogen) atoms. The zero-order valence-corrected chi connectivity index (χ0v) is 38.2. The summed E-state index contributed by atoms with van der Waals surface area (Å²) >= 11 is 0. The number of hydrogen-bond acceptors (Lipinski definition) is 15. The third-order valence-corrected chi connectivity index (χ3v) is 13.0. The fourth-order valence-corrected chi connectivity index (χ4v) is 8.85. The van der Waals surface area contributed by atoms with Crippen molar-refractivity contribution < 1.29 is 75.2 Å². The third kappa shape index (κ3) is 18.8. The highest BCUT2D eigenvalue weighted by atomic mass is 16.6. The van der Waals surface area contributed by atoms with Crippen LogP contribution in [0.3, 0.4) is 0 Å². The first-order valence-electron chi connectivity index (χ1n) is 23.0. The summed E-state index contributed by atoms with van der Waals surface area (Å²) in [4.78, 5) is 25.3. The second-order valence-electron chi connectivity index (χ2n) is 18.6. The molecule has 0 spiro atoms. The fourth-order valence-electron chi connectivity index (χ4n) is 8.85. The van der Waals surface area contributed by atoms with Gasteiger partial charge in [-0.1, -0.05) is 113 Å². The van der Waals surface area contributed by atoms with Gasteiger partial charge in [0.15, 0.2) is 5.79 Å². The van der Waals surface area contributed by atoms with Crippen LogP contribution in [0.25, 0.3) is 0 Å². The van der Waals surface area contributed by atoms with Gasteiger partial charge in [-0.2, -0.15) is 0 Å². The number of carboxylic acid groups (broad SMARTS) is 1. The number of aliphatic carboxylic acids is 1. The molecule has 368 valence electrons. The Balaban J connectivity index is 1.86. The van der Waals surface area contributed by atoms with E-state index >= 15 is 0 Å². The number of Topliss-reactive ketones (excluding diaryl/α,β-unsaturated/α-hetero) is 1. The molecule has 1 aliphatic carbocycles. The molecule has 0 aromatic carbocycles. The number of hydrogen-bond donors (Lipinski definition) is 12. The van der Waals surface area contributed by atoms with Gasteiger partial charge in [0.1, 0.15) is 11.7 Å². The van der Waals surface area contributed by atoms with Crippen molar-refractivity contribution in [2.75, 3.05) is 0 Å². The van der Waals surface area contributed by atoms with E-state index in [0.717, 1.165) is 0 Å². The minimum absolute atomic E-state index is 0.0574. The van der Waals surface area contributed by atoms with Crippen LogP contribution in [0.15, 0.2) is 85.1 Å². The van der Waals surface area contributed by atoms with Crippen LogP contribution < -0.4 is 5.73 Å². The number of carbonyl (C=O) groups is 2. The molecule has 19 atom stereocenters. The van der Waals surface area contributed by atoms with E-state index in [9.17, 15) is 65.8 Å². The lowest BCUT2D eigenvalue weighted by molar-refractivity contribution is -0.301. The van der Waals surface area contributed by atoms with Crippen molar-refractivity contribution in [2.45, 2.75) is 177 Å². The van der Waals surface area contributed by atoms with Crippen molar-refractivity contribution in [3.8, 4) is 0 Å². The topological polar surface area (TPSA) is 301 Å². The van der Waals surface area contributed by atoms with Crippen molar-refractivity contribution in [1.82, 2.24) is 0 Å². The Hall–Kier alpha value is -3.20. The van der Waals surface area contributed by atoms with Crippen LogP contribution in [-0.4, -0.2) is 153 Å². The fraction of sp³-hybridized carbons (Fsp3) is 0.673. The van der Waals surface area contributed by atoms with E-state index in [4.69, 9.17) is 15.2 Å². The normalized spacial score (nSPS) is 45.6. The molecule has 0 amide bonds. The van der Waals surface area contributed by atoms with Crippen LogP contribution in [-0.2, 0) is 19.1 Å². The number of carbonyl (C=O) groups excluding carboxylic acids is 1. The highest BCUT2D eigenvalue weighted by Crippen LogP contribution is 2.38. The molecule has 16 heteroatoms. The molecule has 2 fully saturated rings. The molecule has 2 heterocycles. The molecule has 0 aromatic heterocycles. The maximum Gasteiger partial charge on any atom is 0.311 e. The maximum absolute atomic E-state index is 12.8. The van der Waals surface area contributed by atoms with E-state index in [1.54, 1.807) is 43.4 Å². The summed E-state index contributed by atoms with van der Waals surface area (Å²) in [6.07, 6.45) is 8.15. The third-order valence-electron chi connectivity index (χ3n) is 13.0. The minimum atomic E-state index is -2.28. The molecular formula is C49H77NO15. The van der Waals surface area contributed by atoms with Gasteiger partial charge in [-0.05, 0) is 43.4 Å². The van der Waals surface area contributed by atoms with Crippen LogP contribution in [0.1, 0.15) is 91.9 Å². The zero-order valence-electron chi connectivity index (χ0n) is 38.2. The Morgan fingerprint density at radius 2 is 1.20 bits per heavy atom. The van der Waals surface area contributed by atoms with Gasteiger partial charge >= 0.3 is 5.97 Å². The molecule has 5 unspecified atom stereocenters. The van der Waals surface area contributed by atoms with Crippen LogP contribution in [0.4, 0.5) is 0 Å². The summed E-state index contributed by atoms with van der Waals surface area (Å²) in [5, 5.41) is 119. The number of ketones is 1. The zero-order chi connectivity index (χ0) is 48.4. The first-order chi connectivity index (χ1) is 30.6. The Morgan fingerprint density at radius 1 is 0.631 bits per heavy atom. The number of rotatable bonds is 3. The molecular weight excluding hydrogens is 843 g/mol. The molecule has 0 aromatic rings. The summed E-state index contributed by atoms with van der Waals surface area (Å²) in [5.41, 5.74) is 6.10. The second kappa shape index (κ2) is 27.6. The number of carboxylic acids is 1. The summed E-state index contributed by atoms with van der Waals surface area (Å²) in [6.45, 7) is 7.38. The molecule has 13 N–H and O–H groups in total. The lowest BCUT2D eigenvalue weighted by Gasteiger charge is -2.45. The van der Waals surface area contributed by atoms with Gasteiger partial charge in [0.05, 0.1) is 79.3 Å².